The second-order valence-electron chi connectivity index (χ2n) is 5.70. The molecule has 0 unspecified atom stereocenters. The Hall–Kier alpha value is -2.07. The van der Waals surface area contributed by atoms with E-state index in [1.165, 1.54) is 10.4 Å². The predicted molar refractivity (Wildman–Crippen MR) is 99.9 cm³/mol. The molecular formula is C19H24N2OS. The third-order valence-electron chi connectivity index (χ3n) is 3.29. The van der Waals surface area contributed by atoms with Gasteiger partial charge in [0.1, 0.15) is 11.5 Å². The summed E-state index contributed by atoms with van der Waals surface area (Å²) in [5, 5.41) is 4.35. The zero-order chi connectivity index (χ0) is 16.7. The van der Waals surface area contributed by atoms with E-state index in [-0.39, 0.29) is 0 Å². The van der Waals surface area contributed by atoms with Crippen LogP contribution in [0.3, 0.4) is 0 Å². The van der Waals surface area contributed by atoms with Crippen molar-refractivity contribution in [1.29, 1.82) is 0 Å². The van der Waals surface area contributed by atoms with Gasteiger partial charge in [-0.3, -0.25) is 0 Å². The van der Waals surface area contributed by atoms with Crippen LogP contribution in [0.5, 0.6) is 0 Å². The lowest BCUT2D eigenvalue weighted by molar-refractivity contribution is 0.368. The van der Waals surface area contributed by atoms with Crippen LogP contribution in [0.15, 0.2) is 49.1 Å². The predicted octanol–water partition coefficient (Wildman–Crippen LogP) is 4.98. The second kappa shape index (κ2) is 8.53. The van der Waals surface area contributed by atoms with Crippen molar-refractivity contribution in [3.63, 3.8) is 0 Å². The van der Waals surface area contributed by atoms with E-state index in [0.717, 1.165) is 29.6 Å². The summed E-state index contributed by atoms with van der Waals surface area (Å²) in [6, 6.07) is 10.4. The molecule has 0 aliphatic heterocycles. The SMILES string of the molecule is C=C/C=C(\OC)c1nc(NCC(C)C)sc1Cc1ccccc1. The fourth-order valence-corrected chi connectivity index (χ4v) is 3.17. The van der Waals surface area contributed by atoms with E-state index in [1.807, 2.05) is 12.1 Å². The molecule has 1 aromatic carbocycles. The Labute approximate surface area is 142 Å². The fourth-order valence-electron chi connectivity index (χ4n) is 2.16. The molecule has 1 N–H and O–H groups in total. The first-order chi connectivity index (χ1) is 11.1. The number of thiazole rings is 1. The summed E-state index contributed by atoms with van der Waals surface area (Å²) >= 11 is 1.69. The summed E-state index contributed by atoms with van der Waals surface area (Å²) < 4.78 is 5.50. The van der Waals surface area contributed by atoms with Gasteiger partial charge in [0.25, 0.3) is 0 Å². The normalized spacial score (nSPS) is 11.6. The van der Waals surface area contributed by atoms with Crippen molar-refractivity contribution in [3.8, 4) is 0 Å². The van der Waals surface area contributed by atoms with E-state index in [9.17, 15) is 0 Å². The highest BCUT2D eigenvalue weighted by atomic mass is 32.1. The van der Waals surface area contributed by atoms with Crippen LogP contribution in [0.4, 0.5) is 5.13 Å². The minimum atomic E-state index is 0.575. The fraction of sp³-hybridized carbons (Fsp3) is 0.316. The molecule has 0 bridgehead atoms. The van der Waals surface area contributed by atoms with Gasteiger partial charge in [0.2, 0.25) is 0 Å². The van der Waals surface area contributed by atoms with Gasteiger partial charge in [0.05, 0.1) is 7.11 Å². The molecule has 3 nitrogen and oxygen atoms in total. The molecule has 23 heavy (non-hydrogen) atoms. The highest BCUT2D eigenvalue weighted by Crippen LogP contribution is 2.30. The number of nitrogens with one attached hydrogen (secondary N) is 1. The van der Waals surface area contributed by atoms with Gasteiger partial charge < -0.3 is 10.1 Å². The zero-order valence-corrected chi connectivity index (χ0v) is 14.8. The van der Waals surface area contributed by atoms with E-state index in [4.69, 9.17) is 9.72 Å². The average Bonchev–Trinajstić information content (AvgIpc) is 2.94. The van der Waals surface area contributed by atoms with Crippen molar-refractivity contribution < 1.29 is 4.74 Å². The first kappa shape index (κ1) is 17.3. The lowest BCUT2D eigenvalue weighted by atomic mass is 10.1. The van der Waals surface area contributed by atoms with Gasteiger partial charge in [-0.1, -0.05) is 56.8 Å². The monoisotopic (exact) mass is 328 g/mol. The third-order valence-corrected chi connectivity index (χ3v) is 4.30. The molecule has 0 atom stereocenters. The van der Waals surface area contributed by atoms with Gasteiger partial charge in [-0.05, 0) is 17.6 Å². The molecule has 4 heteroatoms. The third kappa shape index (κ3) is 4.96. The minimum Gasteiger partial charge on any atom is -0.494 e. The summed E-state index contributed by atoms with van der Waals surface area (Å²) in [6.07, 6.45) is 4.43. The number of allylic oxidation sites excluding steroid dienone is 2. The van der Waals surface area contributed by atoms with Gasteiger partial charge in [-0.2, -0.15) is 0 Å². The Morgan fingerprint density at radius 2 is 2.09 bits per heavy atom. The van der Waals surface area contributed by atoms with E-state index < -0.39 is 0 Å². The van der Waals surface area contributed by atoms with Gasteiger partial charge in [-0.15, -0.1) is 11.3 Å². The molecule has 0 aliphatic carbocycles. The van der Waals surface area contributed by atoms with Crippen LogP contribution >= 0.6 is 11.3 Å². The number of benzene rings is 1. The van der Waals surface area contributed by atoms with Crippen molar-refractivity contribution >= 4 is 22.2 Å². The highest BCUT2D eigenvalue weighted by Gasteiger charge is 2.16. The maximum Gasteiger partial charge on any atom is 0.183 e. The number of methoxy groups -OCH3 is 1. The summed E-state index contributed by atoms with van der Waals surface area (Å²) in [7, 11) is 1.67. The van der Waals surface area contributed by atoms with Crippen LogP contribution in [-0.2, 0) is 11.2 Å². The molecule has 0 saturated heterocycles. The summed E-state index contributed by atoms with van der Waals surface area (Å²) in [4.78, 5) is 5.93. The zero-order valence-electron chi connectivity index (χ0n) is 14.0. The first-order valence-electron chi connectivity index (χ1n) is 7.78. The van der Waals surface area contributed by atoms with Crippen LogP contribution in [0.25, 0.3) is 5.76 Å². The number of nitrogens with zero attached hydrogens (tertiary/aromatic N) is 1. The Balaban J connectivity index is 2.32. The average molecular weight is 328 g/mol. The lowest BCUT2D eigenvalue weighted by Crippen LogP contribution is -2.07. The summed E-state index contributed by atoms with van der Waals surface area (Å²) in [5.41, 5.74) is 2.16. The van der Waals surface area contributed by atoms with Crippen LogP contribution < -0.4 is 5.32 Å². The van der Waals surface area contributed by atoms with Crippen LogP contribution in [0.2, 0.25) is 0 Å². The number of ether oxygens (including phenoxy) is 1. The number of hydrogen-bond acceptors (Lipinski definition) is 4. The quantitative estimate of drug-likeness (QED) is 0.548. The molecule has 122 valence electrons. The smallest absolute Gasteiger partial charge is 0.183 e. The molecule has 0 spiro atoms. The van der Waals surface area contributed by atoms with E-state index in [1.54, 1.807) is 24.5 Å². The number of aromatic nitrogens is 1. The number of rotatable bonds is 8. The van der Waals surface area contributed by atoms with E-state index in [2.05, 4.69) is 50.0 Å². The molecule has 0 radical (unpaired) electrons. The standard InChI is InChI=1S/C19H24N2OS/c1-5-9-16(22-4)18-17(12-15-10-7-6-8-11-15)23-19(21-18)20-13-14(2)3/h5-11,14H,1,12-13H2,2-4H3,(H,20,21)/b16-9-. The number of hydrogen-bond donors (Lipinski definition) is 1. The van der Waals surface area contributed by atoms with Crippen molar-refractivity contribution in [2.75, 3.05) is 19.0 Å². The molecule has 2 rings (SSSR count). The van der Waals surface area contributed by atoms with Crippen LogP contribution in [0.1, 0.15) is 30.0 Å². The molecule has 0 amide bonds. The van der Waals surface area contributed by atoms with E-state index >= 15 is 0 Å². The van der Waals surface area contributed by atoms with Crippen molar-refractivity contribution in [2.45, 2.75) is 20.3 Å². The van der Waals surface area contributed by atoms with Crippen LogP contribution in [-0.4, -0.2) is 18.6 Å². The van der Waals surface area contributed by atoms with Gasteiger partial charge >= 0.3 is 0 Å². The van der Waals surface area contributed by atoms with Gasteiger partial charge in [0.15, 0.2) is 5.13 Å². The molecule has 1 heterocycles. The van der Waals surface area contributed by atoms with Gasteiger partial charge in [0, 0.05) is 17.8 Å². The Morgan fingerprint density at radius 3 is 2.70 bits per heavy atom. The maximum atomic E-state index is 5.50. The number of anilines is 1. The van der Waals surface area contributed by atoms with Crippen LogP contribution in [0, 0.1) is 5.92 Å². The molecule has 2 aromatic rings. The van der Waals surface area contributed by atoms with Crippen molar-refractivity contribution in [3.05, 3.63) is 65.2 Å². The Bertz CT molecular complexity index is 659. The molecule has 0 saturated carbocycles. The van der Waals surface area contributed by atoms with Crippen molar-refractivity contribution in [2.24, 2.45) is 5.92 Å². The van der Waals surface area contributed by atoms with E-state index in [0.29, 0.717) is 5.92 Å². The molecule has 1 aromatic heterocycles. The van der Waals surface area contributed by atoms with Gasteiger partial charge in [-0.25, -0.2) is 4.98 Å². The lowest BCUT2D eigenvalue weighted by Gasteiger charge is -2.06. The maximum absolute atomic E-state index is 5.50. The first-order valence-corrected chi connectivity index (χ1v) is 8.60. The largest absolute Gasteiger partial charge is 0.494 e. The topological polar surface area (TPSA) is 34.1 Å². The Kier molecular flexibility index (Phi) is 6.41. The minimum absolute atomic E-state index is 0.575. The molecular weight excluding hydrogens is 304 g/mol. The molecule has 0 fully saturated rings. The highest BCUT2D eigenvalue weighted by molar-refractivity contribution is 7.15. The molecule has 0 aliphatic rings. The van der Waals surface area contributed by atoms with Crippen molar-refractivity contribution in [1.82, 2.24) is 4.98 Å². The second-order valence-corrected chi connectivity index (χ2v) is 6.78. The summed E-state index contributed by atoms with van der Waals surface area (Å²) in [6.45, 7) is 9.04. The Morgan fingerprint density at radius 1 is 1.35 bits per heavy atom. The summed E-state index contributed by atoms with van der Waals surface area (Å²) in [5.74, 6) is 1.32.